The number of alkyl halides is 3. The molecule has 1 amide bonds. The minimum Gasteiger partial charge on any atom is -0.352 e. The van der Waals surface area contributed by atoms with Crippen LogP contribution >= 0.6 is 0 Å². The number of aryl methyl sites for hydroxylation is 1. The number of hydrogen-bond donors (Lipinski definition) is 1. The maximum Gasteiger partial charge on any atom is 0.417 e. The van der Waals surface area contributed by atoms with Crippen molar-refractivity contribution in [3.05, 3.63) is 77.4 Å². The van der Waals surface area contributed by atoms with Crippen molar-refractivity contribution in [2.45, 2.75) is 19.5 Å². The minimum absolute atomic E-state index is 0.0287. The maximum absolute atomic E-state index is 13.2. The molecule has 5 heteroatoms. The van der Waals surface area contributed by atoms with Gasteiger partial charge in [0.1, 0.15) is 0 Å². The second-order valence-corrected chi connectivity index (χ2v) is 5.39. The zero-order valence-electron chi connectivity index (χ0n) is 13.2. The normalized spacial score (nSPS) is 12.1. The molecule has 0 atom stereocenters. The number of allylic oxidation sites excluding steroid dienone is 1. The van der Waals surface area contributed by atoms with Crippen molar-refractivity contribution in [2.75, 3.05) is 6.54 Å². The molecule has 1 N–H and O–H groups in total. The van der Waals surface area contributed by atoms with Gasteiger partial charge in [-0.25, -0.2) is 0 Å². The Kier molecular flexibility index (Phi) is 5.79. The fourth-order valence-corrected chi connectivity index (χ4v) is 2.34. The molecule has 24 heavy (non-hydrogen) atoms. The zero-order valence-corrected chi connectivity index (χ0v) is 13.2. The predicted molar refractivity (Wildman–Crippen MR) is 88.4 cm³/mol. The summed E-state index contributed by atoms with van der Waals surface area (Å²) in [5.41, 5.74) is 1.17. The average molecular weight is 333 g/mol. The van der Waals surface area contributed by atoms with Gasteiger partial charge in [0.15, 0.2) is 0 Å². The molecule has 126 valence electrons. The summed E-state index contributed by atoms with van der Waals surface area (Å²) >= 11 is 0. The fraction of sp³-hybridized carbons (Fsp3) is 0.211. The lowest BCUT2D eigenvalue weighted by molar-refractivity contribution is -0.116. The molecule has 0 aromatic heterocycles. The lowest BCUT2D eigenvalue weighted by Gasteiger charge is -2.12. The number of benzene rings is 2. The molecule has 2 aromatic carbocycles. The third-order valence-electron chi connectivity index (χ3n) is 3.62. The topological polar surface area (TPSA) is 29.1 Å². The van der Waals surface area contributed by atoms with Crippen molar-refractivity contribution < 1.29 is 18.0 Å². The summed E-state index contributed by atoms with van der Waals surface area (Å²) in [7, 11) is 0. The van der Waals surface area contributed by atoms with Gasteiger partial charge in [-0.15, -0.1) is 0 Å². The largest absolute Gasteiger partial charge is 0.417 e. The van der Waals surface area contributed by atoms with Crippen molar-refractivity contribution in [1.82, 2.24) is 5.32 Å². The number of nitrogens with one attached hydrogen (secondary N) is 1. The van der Waals surface area contributed by atoms with Gasteiger partial charge in [0.2, 0.25) is 5.91 Å². The average Bonchev–Trinajstić information content (AvgIpc) is 2.54. The quantitative estimate of drug-likeness (QED) is 0.812. The van der Waals surface area contributed by atoms with Crippen LogP contribution in [-0.2, 0) is 11.2 Å². The second-order valence-electron chi connectivity index (χ2n) is 5.39. The van der Waals surface area contributed by atoms with Crippen LogP contribution in [0.3, 0.4) is 0 Å². The number of carbonyl (C=O) groups is 1. The summed E-state index contributed by atoms with van der Waals surface area (Å²) in [6.07, 6.45) is -3.40. The number of halogens is 3. The van der Waals surface area contributed by atoms with Crippen molar-refractivity contribution in [3.8, 4) is 0 Å². The highest BCUT2D eigenvalue weighted by Crippen LogP contribution is 2.33. The van der Waals surface area contributed by atoms with E-state index < -0.39 is 17.7 Å². The van der Waals surface area contributed by atoms with Gasteiger partial charge >= 0.3 is 6.18 Å². The second kappa shape index (κ2) is 7.81. The van der Waals surface area contributed by atoms with Gasteiger partial charge in [0.25, 0.3) is 0 Å². The van der Waals surface area contributed by atoms with Crippen LogP contribution in [0.5, 0.6) is 0 Å². The molecule has 0 fully saturated rings. The van der Waals surface area contributed by atoms with Crippen LogP contribution < -0.4 is 5.32 Å². The number of amides is 1. The molecule has 2 rings (SSSR count). The van der Waals surface area contributed by atoms with E-state index >= 15 is 0 Å². The summed E-state index contributed by atoms with van der Waals surface area (Å²) in [5.74, 6) is -0.750. The Labute approximate surface area is 139 Å². The summed E-state index contributed by atoms with van der Waals surface area (Å²) in [6, 6.07) is 15.0. The molecule has 2 aromatic rings. The van der Waals surface area contributed by atoms with Crippen LogP contribution in [0, 0.1) is 6.92 Å². The van der Waals surface area contributed by atoms with Gasteiger partial charge in [0, 0.05) is 12.6 Å². The van der Waals surface area contributed by atoms with E-state index in [4.69, 9.17) is 0 Å². The lowest BCUT2D eigenvalue weighted by atomic mass is 10.0. The molecule has 0 heterocycles. The van der Waals surface area contributed by atoms with Gasteiger partial charge in [-0.05, 0) is 30.0 Å². The Hall–Kier alpha value is -2.56. The third-order valence-corrected chi connectivity index (χ3v) is 3.62. The molecule has 0 aliphatic heterocycles. The summed E-state index contributed by atoms with van der Waals surface area (Å²) in [4.78, 5) is 11.9. The summed E-state index contributed by atoms with van der Waals surface area (Å²) < 4.78 is 39.5. The summed E-state index contributed by atoms with van der Waals surface area (Å²) in [6.45, 7) is 2.23. The smallest absolute Gasteiger partial charge is 0.352 e. The van der Waals surface area contributed by atoms with Crippen molar-refractivity contribution in [1.29, 1.82) is 0 Å². The summed E-state index contributed by atoms with van der Waals surface area (Å²) in [5, 5.41) is 2.52. The predicted octanol–water partition coefficient (Wildman–Crippen LogP) is 4.30. The van der Waals surface area contributed by atoms with Crippen molar-refractivity contribution in [2.24, 2.45) is 0 Å². The molecule has 0 bridgehead atoms. The molecule has 2 nitrogen and oxygen atoms in total. The fourth-order valence-electron chi connectivity index (χ4n) is 2.34. The molecule has 0 saturated heterocycles. The molecule has 0 spiro atoms. The first-order chi connectivity index (χ1) is 11.4. The van der Waals surface area contributed by atoms with Gasteiger partial charge in [-0.3, -0.25) is 4.79 Å². The van der Waals surface area contributed by atoms with Crippen LogP contribution in [0.1, 0.15) is 16.7 Å². The molecular formula is C19H18F3NO. The number of hydrogen-bond acceptors (Lipinski definition) is 1. The van der Waals surface area contributed by atoms with Gasteiger partial charge in [-0.2, -0.15) is 13.2 Å². The first-order valence-corrected chi connectivity index (χ1v) is 7.54. The van der Waals surface area contributed by atoms with Crippen molar-refractivity contribution >= 4 is 11.5 Å². The molecule has 0 aliphatic rings. The zero-order chi connectivity index (χ0) is 17.6. The van der Waals surface area contributed by atoms with Crippen LogP contribution in [0.15, 0.2) is 60.7 Å². The minimum atomic E-state index is -4.59. The van der Waals surface area contributed by atoms with E-state index in [9.17, 15) is 18.0 Å². The first kappa shape index (κ1) is 17.8. The Bertz CT molecular complexity index is 721. The number of rotatable bonds is 5. The molecule has 0 unspecified atom stereocenters. The monoisotopic (exact) mass is 333 g/mol. The first-order valence-electron chi connectivity index (χ1n) is 7.54. The molecular weight excluding hydrogens is 315 g/mol. The Balaban J connectivity index is 2.04. The van der Waals surface area contributed by atoms with E-state index in [1.807, 2.05) is 31.2 Å². The highest BCUT2D eigenvalue weighted by molar-refractivity contribution is 5.96. The Morgan fingerprint density at radius 3 is 2.29 bits per heavy atom. The highest BCUT2D eigenvalue weighted by atomic mass is 19.4. The SMILES string of the molecule is Cc1ccccc1CCNC(=O)/C=C(/c1ccccc1)C(F)(F)F. The lowest BCUT2D eigenvalue weighted by Crippen LogP contribution is -2.25. The number of carbonyl (C=O) groups excluding carboxylic acids is 1. The maximum atomic E-state index is 13.2. The van der Waals surface area contributed by atoms with E-state index in [2.05, 4.69) is 5.32 Å². The van der Waals surface area contributed by atoms with E-state index in [1.54, 1.807) is 6.07 Å². The van der Waals surface area contributed by atoms with Crippen LogP contribution in [0.25, 0.3) is 5.57 Å². The molecule has 0 aliphatic carbocycles. The van der Waals surface area contributed by atoms with Crippen LogP contribution in [-0.4, -0.2) is 18.6 Å². The van der Waals surface area contributed by atoms with Gasteiger partial charge in [0.05, 0.1) is 5.57 Å². The Morgan fingerprint density at radius 1 is 1.04 bits per heavy atom. The standard InChI is InChI=1S/C19H18F3NO/c1-14-7-5-6-8-15(14)11-12-23-18(24)13-17(19(20,21)22)16-9-3-2-4-10-16/h2-10,13H,11-12H2,1H3,(H,23,24)/b17-13-. The molecule has 0 radical (unpaired) electrons. The van der Waals surface area contributed by atoms with E-state index in [-0.39, 0.29) is 12.1 Å². The van der Waals surface area contributed by atoms with E-state index in [0.29, 0.717) is 12.5 Å². The van der Waals surface area contributed by atoms with Crippen molar-refractivity contribution in [3.63, 3.8) is 0 Å². The molecule has 0 saturated carbocycles. The van der Waals surface area contributed by atoms with Gasteiger partial charge in [-0.1, -0.05) is 54.6 Å². The van der Waals surface area contributed by atoms with E-state index in [0.717, 1.165) is 11.1 Å². The van der Waals surface area contributed by atoms with Crippen LogP contribution in [0.2, 0.25) is 0 Å². The van der Waals surface area contributed by atoms with Crippen LogP contribution in [0.4, 0.5) is 13.2 Å². The Morgan fingerprint density at radius 2 is 1.67 bits per heavy atom. The van der Waals surface area contributed by atoms with Gasteiger partial charge < -0.3 is 5.32 Å². The highest BCUT2D eigenvalue weighted by Gasteiger charge is 2.35. The van der Waals surface area contributed by atoms with E-state index in [1.165, 1.54) is 24.3 Å². The third kappa shape index (κ3) is 4.98.